The number of carbonyl (C=O) groups is 1. The van der Waals surface area contributed by atoms with E-state index < -0.39 is 6.10 Å². The molecular formula is C23H31N3O3. The van der Waals surface area contributed by atoms with Gasteiger partial charge in [0.25, 0.3) is 0 Å². The van der Waals surface area contributed by atoms with Crippen molar-refractivity contribution >= 4 is 5.91 Å². The third-order valence-corrected chi connectivity index (χ3v) is 4.99. The number of hydrogen-bond acceptors (Lipinski definition) is 5. The van der Waals surface area contributed by atoms with Crippen LogP contribution in [0.4, 0.5) is 0 Å². The van der Waals surface area contributed by atoms with Gasteiger partial charge >= 0.3 is 0 Å². The van der Waals surface area contributed by atoms with Crippen molar-refractivity contribution in [2.24, 2.45) is 0 Å². The first-order valence-corrected chi connectivity index (χ1v) is 10.2. The van der Waals surface area contributed by atoms with Crippen molar-refractivity contribution in [2.45, 2.75) is 25.6 Å². The quantitative estimate of drug-likeness (QED) is 0.676. The van der Waals surface area contributed by atoms with Crippen LogP contribution in [0, 0.1) is 0 Å². The van der Waals surface area contributed by atoms with E-state index in [0.717, 1.165) is 31.9 Å². The zero-order valence-corrected chi connectivity index (χ0v) is 17.1. The van der Waals surface area contributed by atoms with E-state index in [4.69, 9.17) is 4.74 Å². The van der Waals surface area contributed by atoms with E-state index >= 15 is 0 Å². The van der Waals surface area contributed by atoms with Gasteiger partial charge in [-0.05, 0) is 30.3 Å². The highest BCUT2D eigenvalue weighted by Gasteiger charge is 2.14. The van der Waals surface area contributed by atoms with Gasteiger partial charge in [-0.2, -0.15) is 0 Å². The van der Waals surface area contributed by atoms with Crippen LogP contribution in [-0.2, 0) is 17.9 Å². The van der Waals surface area contributed by atoms with Gasteiger partial charge < -0.3 is 15.2 Å². The van der Waals surface area contributed by atoms with E-state index in [1.54, 1.807) is 0 Å². The van der Waals surface area contributed by atoms with Gasteiger partial charge in [0.1, 0.15) is 18.5 Å². The Morgan fingerprint density at radius 2 is 1.86 bits per heavy atom. The highest BCUT2D eigenvalue weighted by atomic mass is 16.5. The molecule has 29 heavy (non-hydrogen) atoms. The molecule has 1 fully saturated rings. The minimum atomic E-state index is -0.550. The number of amides is 1. The number of rotatable bonds is 9. The predicted octanol–water partition coefficient (Wildman–Crippen LogP) is 1.88. The molecule has 2 aromatic carbocycles. The molecule has 0 spiro atoms. The lowest BCUT2D eigenvalue weighted by Crippen LogP contribution is -2.32. The van der Waals surface area contributed by atoms with Crippen LogP contribution >= 0.6 is 0 Å². The minimum absolute atomic E-state index is 0.129. The van der Waals surface area contributed by atoms with Crippen molar-refractivity contribution in [3.8, 4) is 5.75 Å². The first-order valence-electron chi connectivity index (χ1n) is 10.2. The summed E-state index contributed by atoms with van der Waals surface area (Å²) >= 11 is 0. The van der Waals surface area contributed by atoms with Crippen molar-refractivity contribution in [1.29, 1.82) is 0 Å². The fraction of sp³-hybridized carbons (Fsp3) is 0.435. The fourth-order valence-corrected chi connectivity index (χ4v) is 3.49. The van der Waals surface area contributed by atoms with E-state index in [0.29, 0.717) is 19.5 Å². The number of ether oxygens (including phenoxy) is 1. The summed E-state index contributed by atoms with van der Waals surface area (Å²) in [5.41, 5.74) is 2.41. The zero-order chi connectivity index (χ0) is 20.5. The number of benzene rings is 2. The molecule has 0 saturated carbocycles. The topological polar surface area (TPSA) is 65.0 Å². The van der Waals surface area contributed by atoms with Crippen LogP contribution in [0.5, 0.6) is 5.75 Å². The maximum atomic E-state index is 11.4. The number of likely N-dealkylation sites (N-methyl/N-ethyl adjacent to an activating group) is 1. The summed E-state index contributed by atoms with van der Waals surface area (Å²) < 4.78 is 5.75. The molecule has 1 unspecified atom stereocenters. The molecule has 1 amide bonds. The Kier molecular flexibility index (Phi) is 8.04. The largest absolute Gasteiger partial charge is 0.491 e. The SMILES string of the molecule is CN(Cc1ccccc1)CC(O)COc1ccc(CN2CCNC(=O)CC2)cc1. The van der Waals surface area contributed by atoms with Crippen LogP contribution in [0.15, 0.2) is 54.6 Å². The van der Waals surface area contributed by atoms with Crippen molar-refractivity contribution in [2.75, 3.05) is 39.8 Å². The van der Waals surface area contributed by atoms with Gasteiger partial charge in [-0.15, -0.1) is 0 Å². The molecule has 2 N–H and O–H groups in total. The monoisotopic (exact) mass is 397 g/mol. The molecule has 1 atom stereocenters. The van der Waals surface area contributed by atoms with Crippen LogP contribution in [0.3, 0.4) is 0 Å². The molecule has 0 bridgehead atoms. The van der Waals surface area contributed by atoms with Crippen LogP contribution in [0.2, 0.25) is 0 Å². The van der Waals surface area contributed by atoms with Crippen LogP contribution < -0.4 is 10.1 Å². The lowest BCUT2D eigenvalue weighted by atomic mass is 10.2. The normalized spacial score (nSPS) is 16.3. The number of hydrogen-bond donors (Lipinski definition) is 2. The molecule has 1 aliphatic heterocycles. The van der Waals surface area contributed by atoms with Crippen LogP contribution in [0.1, 0.15) is 17.5 Å². The second-order valence-corrected chi connectivity index (χ2v) is 7.67. The second-order valence-electron chi connectivity index (χ2n) is 7.67. The third-order valence-electron chi connectivity index (χ3n) is 4.99. The minimum Gasteiger partial charge on any atom is -0.491 e. The number of carbonyl (C=O) groups excluding carboxylic acids is 1. The van der Waals surface area contributed by atoms with E-state index in [-0.39, 0.29) is 12.5 Å². The van der Waals surface area contributed by atoms with Gasteiger partial charge in [0.15, 0.2) is 0 Å². The van der Waals surface area contributed by atoms with E-state index in [1.807, 2.05) is 49.5 Å². The van der Waals surface area contributed by atoms with Crippen molar-refractivity contribution in [3.05, 3.63) is 65.7 Å². The Bertz CT molecular complexity index is 752. The highest BCUT2D eigenvalue weighted by Crippen LogP contribution is 2.15. The predicted molar refractivity (Wildman–Crippen MR) is 114 cm³/mol. The summed E-state index contributed by atoms with van der Waals surface area (Å²) in [5, 5.41) is 13.2. The van der Waals surface area contributed by atoms with Gasteiger partial charge in [0, 0.05) is 45.7 Å². The first kappa shape index (κ1) is 21.3. The van der Waals surface area contributed by atoms with E-state index in [1.165, 1.54) is 11.1 Å². The van der Waals surface area contributed by atoms with E-state index in [2.05, 4.69) is 27.2 Å². The Morgan fingerprint density at radius 3 is 2.62 bits per heavy atom. The molecule has 3 rings (SSSR count). The van der Waals surface area contributed by atoms with Crippen LogP contribution in [0.25, 0.3) is 0 Å². The molecule has 6 nitrogen and oxygen atoms in total. The van der Waals surface area contributed by atoms with Crippen molar-refractivity contribution < 1.29 is 14.6 Å². The fourth-order valence-electron chi connectivity index (χ4n) is 3.49. The first-order chi connectivity index (χ1) is 14.1. The molecule has 0 aliphatic carbocycles. The Hall–Kier alpha value is -2.41. The van der Waals surface area contributed by atoms with Crippen molar-refractivity contribution in [1.82, 2.24) is 15.1 Å². The number of nitrogens with zero attached hydrogens (tertiary/aromatic N) is 2. The van der Waals surface area contributed by atoms with Gasteiger partial charge in [0.05, 0.1) is 0 Å². The molecule has 2 aromatic rings. The smallest absolute Gasteiger partial charge is 0.221 e. The van der Waals surface area contributed by atoms with Gasteiger partial charge in [0.2, 0.25) is 5.91 Å². The lowest BCUT2D eigenvalue weighted by Gasteiger charge is -2.21. The summed E-state index contributed by atoms with van der Waals surface area (Å²) in [4.78, 5) is 15.8. The second kappa shape index (κ2) is 11.0. The number of aliphatic hydroxyl groups excluding tert-OH is 1. The zero-order valence-electron chi connectivity index (χ0n) is 17.1. The van der Waals surface area contributed by atoms with Crippen molar-refractivity contribution in [3.63, 3.8) is 0 Å². The molecule has 156 valence electrons. The lowest BCUT2D eigenvalue weighted by molar-refractivity contribution is -0.120. The Labute approximate surface area is 173 Å². The summed E-state index contributed by atoms with van der Waals surface area (Å²) in [6, 6.07) is 18.2. The average Bonchev–Trinajstić information content (AvgIpc) is 2.92. The van der Waals surface area contributed by atoms with Gasteiger partial charge in [-0.3, -0.25) is 14.6 Å². The summed E-state index contributed by atoms with van der Waals surface area (Å²) in [7, 11) is 2.00. The molecule has 1 saturated heterocycles. The third kappa shape index (κ3) is 7.49. The molecule has 1 aliphatic rings. The molecule has 0 aromatic heterocycles. The molecule has 6 heteroatoms. The molecular weight excluding hydrogens is 366 g/mol. The molecule has 0 radical (unpaired) electrons. The van der Waals surface area contributed by atoms with Gasteiger partial charge in [-0.1, -0.05) is 42.5 Å². The summed E-state index contributed by atoms with van der Waals surface area (Å²) in [5.74, 6) is 0.885. The maximum absolute atomic E-state index is 11.4. The molecule has 1 heterocycles. The Balaban J connectivity index is 1.39. The van der Waals surface area contributed by atoms with E-state index in [9.17, 15) is 9.90 Å². The standard InChI is InChI=1S/C23H31N3O3/c1-25(15-19-5-3-2-4-6-19)17-21(27)18-29-22-9-7-20(8-10-22)16-26-13-11-23(28)24-12-14-26/h2-10,21,27H,11-18H2,1H3,(H,24,28). The summed E-state index contributed by atoms with van der Waals surface area (Å²) in [6.45, 7) is 4.79. The number of nitrogens with one attached hydrogen (secondary N) is 1. The summed E-state index contributed by atoms with van der Waals surface area (Å²) in [6.07, 6.45) is 0.00294. The van der Waals surface area contributed by atoms with Gasteiger partial charge in [-0.25, -0.2) is 0 Å². The highest BCUT2D eigenvalue weighted by molar-refractivity contribution is 5.76. The average molecular weight is 398 g/mol. The Morgan fingerprint density at radius 1 is 1.10 bits per heavy atom. The number of aliphatic hydroxyl groups is 1. The maximum Gasteiger partial charge on any atom is 0.221 e. The van der Waals surface area contributed by atoms with Crippen LogP contribution in [-0.4, -0.2) is 66.8 Å².